The van der Waals surface area contributed by atoms with E-state index in [1.807, 2.05) is 62.4 Å². The second-order valence-corrected chi connectivity index (χ2v) is 8.22. The van der Waals surface area contributed by atoms with Crippen LogP contribution in [0, 0.1) is 13.8 Å². The normalized spacial score (nSPS) is 15.8. The van der Waals surface area contributed by atoms with Gasteiger partial charge in [-0.25, -0.2) is 9.59 Å². The molecule has 0 fully saturated rings. The smallest absolute Gasteiger partial charge is 0.338 e. The molecular weight excluding hydrogens is 428 g/mol. The summed E-state index contributed by atoms with van der Waals surface area (Å²) >= 11 is 1.31. The first kappa shape index (κ1) is 21.6. The molecule has 1 atom stereocenters. The molecular formula is C22H22N6O3S. The van der Waals surface area contributed by atoms with E-state index < -0.39 is 12.0 Å². The molecule has 0 saturated heterocycles. The van der Waals surface area contributed by atoms with Crippen LogP contribution in [0.3, 0.4) is 0 Å². The molecule has 32 heavy (non-hydrogen) atoms. The van der Waals surface area contributed by atoms with Crippen molar-refractivity contribution in [2.75, 3.05) is 12.9 Å². The van der Waals surface area contributed by atoms with Crippen molar-refractivity contribution in [2.24, 2.45) is 0 Å². The highest BCUT2D eigenvalue weighted by Crippen LogP contribution is 2.32. The summed E-state index contributed by atoms with van der Waals surface area (Å²) < 4.78 is 6.67. The number of ether oxygens (including phenoxy) is 1. The number of carbonyl (C=O) groups is 2. The first-order chi connectivity index (χ1) is 15.5. The fraction of sp³-hybridized carbons (Fsp3) is 0.227. The Hall–Kier alpha value is -3.66. The van der Waals surface area contributed by atoms with Gasteiger partial charge in [0.05, 0.1) is 24.4 Å². The minimum Gasteiger partial charge on any atom is -0.466 e. The Morgan fingerprint density at radius 1 is 1.19 bits per heavy atom. The van der Waals surface area contributed by atoms with E-state index in [1.165, 1.54) is 18.9 Å². The van der Waals surface area contributed by atoms with Crippen LogP contribution >= 0.6 is 11.8 Å². The van der Waals surface area contributed by atoms with Crippen molar-refractivity contribution in [3.05, 3.63) is 76.5 Å². The standard InChI is InChI=1S/C22H22N6O3S/c1-13-9-10-14(2)16(11-13)19-18(20(29)31-3)17(23-21(30)24-19)12-32-22-25-26-27-28(22)15-7-5-4-6-8-15/h4-11,19H,12H2,1-3H3,(H2,23,24,30). The van der Waals surface area contributed by atoms with Gasteiger partial charge >= 0.3 is 12.0 Å². The molecule has 2 heterocycles. The van der Waals surface area contributed by atoms with Crippen LogP contribution in [0.15, 0.2) is 65.0 Å². The highest BCUT2D eigenvalue weighted by molar-refractivity contribution is 7.99. The minimum absolute atomic E-state index is 0.270. The predicted molar refractivity (Wildman–Crippen MR) is 119 cm³/mol. The average Bonchev–Trinajstić information content (AvgIpc) is 3.27. The lowest BCUT2D eigenvalue weighted by atomic mass is 9.91. The van der Waals surface area contributed by atoms with Crippen LogP contribution in [0.25, 0.3) is 5.69 Å². The number of rotatable bonds is 6. The number of hydrogen-bond donors (Lipinski definition) is 2. The number of esters is 1. The number of methoxy groups -OCH3 is 1. The van der Waals surface area contributed by atoms with Crippen molar-refractivity contribution in [2.45, 2.75) is 25.0 Å². The van der Waals surface area contributed by atoms with E-state index in [1.54, 1.807) is 4.68 Å². The molecule has 0 radical (unpaired) electrons. The molecule has 2 amide bonds. The first-order valence-electron chi connectivity index (χ1n) is 9.90. The molecule has 3 aromatic rings. The van der Waals surface area contributed by atoms with Gasteiger partial charge in [0.25, 0.3) is 0 Å². The molecule has 0 spiro atoms. The second kappa shape index (κ2) is 9.23. The largest absolute Gasteiger partial charge is 0.466 e. The summed E-state index contributed by atoms with van der Waals surface area (Å²) in [6.45, 7) is 3.91. The van der Waals surface area contributed by atoms with Crippen LogP contribution in [0.1, 0.15) is 22.7 Å². The average molecular weight is 451 g/mol. The van der Waals surface area contributed by atoms with E-state index in [4.69, 9.17) is 4.74 Å². The molecule has 0 saturated carbocycles. The molecule has 0 aliphatic carbocycles. The molecule has 1 unspecified atom stereocenters. The van der Waals surface area contributed by atoms with Gasteiger partial charge in [-0.05, 0) is 47.5 Å². The zero-order valence-corrected chi connectivity index (χ0v) is 18.6. The van der Waals surface area contributed by atoms with Gasteiger partial charge in [-0.3, -0.25) is 0 Å². The van der Waals surface area contributed by atoms with Gasteiger partial charge in [0.1, 0.15) is 0 Å². The zero-order chi connectivity index (χ0) is 22.7. The molecule has 0 bridgehead atoms. The quantitative estimate of drug-likeness (QED) is 0.439. The summed E-state index contributed by atoms with van der Waals surface area (Å²) in [5.41, 5.74) is 4.46. The van der Waals surface area contributed by atoms with E-state index in [2.05, 4.69) is 26.2 Å². The van der Waals surface area contributed by atoms with Crippen molar-refractivity contribution in [3.63, 3.8) is 0 Å². The molecule has 4 rings (SSSR count). The van der Waals surface area contributed by atoms with E-state index in [0.717, 1.165) is 22.4 Å². The number of benzene rings is 2. The number of aryl methyl sites for hydroxylation is 2. The van der Waals surface area contributed by atoms with Crippen molar-refractivity contribution >= 4 is 23.8 Å². The topological polar surface area (TPSA) is 111 Å². The Bertz CT molecular complexity index is 1190. The Kier molecular flexibility index (Phi) is 6.22. The van der Waals surface area contributed by atoms with E-state index in [0.29, 0.717) is 16.4 Å². The number of thioether (sulfide) groups is 1. The number of nitrogens with one attached hydrogen (secondary N) is 2. The lowest BCUT2D eigenvalue weighted by molar-refractivity contribution is -0.136. The fourth-order valence-corrected chi connectivity index (χ4v) is 4.38. The Labute approximate surface area is 189 Å². The van der Waals surface area contributed by atoms with E-state index >= 15 is 0 Å². The van der Waals surface area contributed by atoms with Gasteiger partial charge in [-0.1, -0.05) is 53.7 Å². The van der Waals surface area contributed by atoms with E-state index in [-0.39, 0.29) is 11.8 Å². The van der Waals surface area contributed by atoms with E-state index in [9.17, 15) is 9.59 Å². The number of amides is 2. The monoisotopic (exact) mass is 450 g/mol. The highest BCUT2D eigenvalue weighted by atomic mass is 32.2. The summed E-state index contributed by atoms with van der Waals surface area (Å²) in [5, 5.41) is 18.1. The van der Waals surface area contributed by atoms with Crippen molar-refractivity contribution in [1.29, 1.82) is 0 Å². The molecule has 2 N–H and O–H groups in total. The lowest BCUT2D eigenvalue weighted by Crippen LogP contribution is -2.46. The van der Waals surface area contributed by atoms with Crippen LogP contribution in [0.2, 0.25) is 0 Å². The number of hydrogen-bond acceptors (Lipinski definition) is 7. The molecule has 164 valence electrons. The van der Waals surface area contributed by atoms with Crippen molar-refractivity contribution in [3.8, 4) is 5.69 Å². The first-order valence-corrected chi connectivity index (χ1v) is 10.9. The number of nitrogens with zero attached hydrogens (tertiary/aromatic N) is 4. The molecule has 9 nitrogen and oxygen atoms in total. The number of para-hydroxylation sites is 1. The third-order valence-corrected chi connectivity index (χ3v) is 6.04. The van der Waals surface area contributed by atoms with Gasteiger partial charge in [0.15, 0.2) is 0 Å². The van der Waals surface area contributed by atoms with Gasteiger partial charge in [0, 0.05) is 11.4 Å². The van der Waals surface area contributed by atoms with Crippen LogP contribution in [-0.4, -0.2) is 45.1 Å². The second-order valence-electron chi connectivity index (χ2n) is 7.27. The molecule has 1 aliphatic rings. The molecule has 1 aliphatic heterocycles. The van der Waals surface area contributed by atoms with Crippen LogP contribution in [0.4, 0.5) is 4.79 Å². The molecule has 10 heteroatoms. The van der Waals surface area contributed by atoms with Gasteiger partial charge in [-0.15, -0.1) is 5.10 Å². The van der Waals surface area contributed by atoms with Crippen molar-refractivity contribution in [1.82, 2.24) is 30.8 Å². The summed E-state index contributed by atoms with van der Waals surface area (Å²) in [6, 6.07) is 14.4. The maximum atomic E-state index is 12.8. The lowest BCUT2D eigenvalue weighted by Gasteiger charge is -2.30. The third kappa shape index (κ3) is 4.35. The predicted octanol–water partition coefficient (Wildman–Crippen LogP) is 2.85. The zero-order valence-electron chi connectivity index (χ0n) is 17.8. The highest BCUT2D eigenvalue weighted by Gasteiger charge is 2.34. The van der Waals surface area contributed by atoms with Crippen molar-refractivity contribution < 1.29 is 14.3 Å². The number of carbonyl (C=O) groups excluding carboxylic acids is 2. The van der Waals surface area contributed by atoms with Crippen LogP contribution < -0.4 is 10.6 Å². The number of tetrazole rings is 1. The summed E-state index contributed by atoms with van der Waals surface area (Å²) in [7, 11) is 1.33. The van der Waals surface area contributed by atoms with Gasteiger partial charge < -0.3 is 15.4 Å². The van der Waals surface area contributed by atoms with Crippen LogP contribution in [-0.2, 0) is 9.53 Å². The summed E-state index contributed by atoms with van der Waals surface area (Å²) in [4.78, 5) is 25.3. The van der Waals surface area contributed by atoms with Gasteiger partial charge in [0.2, 0.25) is 5.16 Å². The number of urea groups is 1. The SMILES string of the molecule is COC(=O)C1=C(CSc2nnnn2-c2ccccc2)NC(=O)NC1c1cc(C)ccc1C. The summed E-state index contributed by atoms with van der Waals surface area (Å²) in [5.74, 6) is -0.242. The Morgan fingerprint density at radius 3 is 2.72 bits per heavy atom. The maximum absolute atomic E-state index is 12.8. The van der Waals surface area contributed by atoms with Crippen LogP contribution in [0.5, 0.6) is 0 Å². The Morgan fingerprint density at radius 2 is 1.97 bits per heavy atom. The Balaban J connectivity index is 1.70. The molecule has 2 aromatic carbocycles. The fourth-order valence-electron chi connectivity index (χ4n) is 3.52. The summed E-state index contributed by atoms with van der Waals surface area (Å²) in [6.07, 6.45) is 0. The number of aromatic nitrogens is 4. The minimum atomic E-state index is -0.628. The maximum Gasteiger partial charge on any atom is 0.338 e. The van der Waals surface area contributed by atoms with Gasteiger partial charge in [-0.2, -0.15) is 4.68 Å². The third-order valence-electron chi connectivity index (χ3n) is 5.09. The molecule has 1 aromatic heterocycles.